The SMILES string of the molecule is COc1ccc(/C(N)=N/OCC(=O)Nc2ccc(Br)cc2)cc1. The fourth-order valence-electron chi connectivity index (χ4n) is 1.71. The molecule has 0 heterocycles. The van der Waals surface area contributed by atoms with E-state index in [-0.39, 0.29) is 18.3 Å². The maximum Gasteiger partial charge on any atom is 0.265 e. The Morgan fingerprint density at radius 3 is 2.43 bits per heavy atom. The number of rotatable bonds is 6. The quantitative estimate of drug-likeness (QED) is 0.460. The maximum absolute atomic E-state index is 11.7. The number of hydrogen-bond acceptors (Lipinski definition) is 4. The van der Waals surface area contributed by atoms with Gasteiger partial charge in [-0.15, -0.1) is 0 Å². The summed E-state index contributed by atoms with van der Waals surface area (Å²) < 4.78 is 5.99. The van der Waals surface area contributed by atoms with E-state index < -0.39 is 0 Å². The van der Waals surface area contributed by atoms with Gasteiger partial charge in [0.05, 0.1) is 7.11 Å². The molecule has 2 aromatic carbocycles. The van der Waals surface area contributed by atoms with Crippen LogP contribution in [0, 0.1) is 0 Å². The van der Waals surface area contributed by atoms with E-state index in [0.717, 1.165) is 10.2 Å². The highest BCUT2D eigenvalue weighted by molar-refractivity contribution is 9.10. The van der Waals surface area contributed by atoms with Crippen LogP contribution < -0.4 is 15.8 Å². The summed E-state index contributed by atoms with van der Waals surface area (Å²) in [5.74, 6) is 0.582. The Morgan fingerprint density at radius 2 is 1.83 bits per heavy atom. The summed E-state index contributed by atoms with van der Waals surface area (Å²) in [6.07, 6.45) is 0. The molecule has 0 spiro atoms. The topological polar surface area (TPSA) is 85.9 Å². The molecule has 0 unspecified atom stereocenters. The molecule has 0 aromatic heterocycles. The van der Waals surface area contributed by atoms with Crippen molar-refractivity contribution in [2.75, 3.05) is 19.0 Å². The van der Waals surface area contributed by atoms with Gasteiger partial charge in [0.25, 0.3) is 5.91 Å². The lowest BCUT2D eigenvalue weighted by atomic mass is 10.2. The first-order valence-electron chi connectivity index (χ1n) is 6.74. The molecule has 1 amide bonds. The van der Waals surface area contributed by atoms with Crippen LogP contribution >= 0.6 is 15.9 Å². The van der Waals surface area contributed by atoms with Crippen LogP contribution in [0.15, 0.2) is 58.2 Å². The predicted octanol–water partition coefficient (Wildman–Crippen LogP) is 2.73. The van der Waals surface area contributed by atoms with Crippen molar-refractivity contribution in [3.05, 3.63) is 58.6 Å². The number of nitrogens with one attached hydrogen (secondary N) is 1. The van der Waals surface area contributed by atoms with Gasteiger partial charge in [-0.3, -0.25) is 4.79 Å². The van der Waals surface area contributed by atoms with Gasteiger partial charge in [0.15, 0.2) is 12.4 Å². The van der Waals surface area contributed by atoms with Crippen molar-refractivity contribution < 1.29 is 14.4 Å². The average Bonchev–Trinajstić information content (AvgIpc) is 2.57. The first-order valence-corrected chi connectivity index (χ1v) is 7.53. The molecule has 2 aromatic rings. The van der Waals surface area contributed by atoms with Gasteiger partial charge in [-0.2, -0.15) is 0 Å². The van der Waals surface area contributed by atoms with Crippen molar-refractivity contribution in [3.8, 4) is 5.75 Å². The molecule has 0 saturated carbocycles. The van der Waals surface area contributed by atoms with Gasteiger partial charge in [0.1, 0.15) is 5.75 Å². The number of carbonyl (C=O) groups excluding carboxylic acids is 1. The van der Waals surface area contributed by atoms with Crippen molar-refractivity contribution in [2.24, 2.45) is 10.9 Å². The number of oxime groups is 1. The largest absolute Gasteiger partial charge is 0.497 e. The number of amidine groups is 1. The summed E-state index contributed by atoms with van der Waals surface area (Å²) >= 11 is 3.32. The number of ether oxygens (including phenoxy) is 1. The lowest BCUT2D eigenvalue weighted by Crippen LogP contribution is -2.19. The number of benzene rings is 2. The Labute approximate surface area is 142 Å². The molecular weight excluding hydrogens is 362 g/mol. The molecule has 0 radical (unpaired) electrons. The van der Waals surface area contributed by atoms with Crippen molar-refractivity contribution in [3.63, 3.8) is 0 Å². The highest BCUT2D eigenvalue weighted by Crippen LogP contribution is 2.14. The van der Waals surface area contributed by atoms with E-state index >= 15 is 0 Å². The van der Waals surface area contributed by atoms with Crippen LogP contribution in [0.5, 0.6) is 5.75 Å². The summed E-state index contributed by atoms with van der Waals surface area (Å²) in [6, 6.07) is 14.2. The van der Waals surface area contributed by atoms with Crippen LogP contribution in [0.2, 0.25) is 0 Å². The maximum atomic E-state index is 11.7. The van der Waals surface area contributed by atoms with E-state index in [4.69, 9.17) is 15.3 Å². The number of methoxy groups -OCH3 is 1. The smallest absolute Gasteiger partial charge is 0.265 e. The number of halogens is 1. The molecule has 7 heteroatoms. The molecule has 120 valence electrons. The molecule has 0 atom stereocenters. The zero-order valence-corrected chi connectivity index (χ0v) is 14.0. The third-order valence-corrected chi connectivity index (χ3v) is 3.40. The Hall–Kier alpha value is -2.54. The second-order valence-corrected chi connectivity index (χ2v) is 5.45. The van der Waals surface area contributed by atoms with Gasteiger partial charge < -0.3 is 20.6 Å². The van der Waals surface area contributed by atoms with Crippen LogP contribution in [0.1, 0.15) is 5.56 Å². The Balaban J connectivity index is 1.84. The number of anilines is 1. The van der Waals surface area contributed by atoms with Crippen LogP contribution in [0.25, 0.3) is 0 Å². The Bertz CT molecular complexity index is 685. The first kappa shape index (κ1) is 16.8. The highest BCUT2D eigenvalue weighted by atomic mass is 79.9. The van der Waals surface area contributed by atoms with Crippen LogP contribution in [0.4, 0.5) is 5.69 Å². The van der Waals surface area contributed by atoms with E-state index in [0.29, 0.717) is 11.3 Å². The predicted molar refractivity (Wildman–Crippen MR) is 92.4 cm³/mol. The molecule has 0 bridgehead atoms. The van der Waals surface area contributed by atoms with E-state index in [9.17, 15) is 4.79 Å². The van der Waals surface area contributed by atoms with Crippen LogP contribution in [-0.4, -0.2) is 25.5 Å². The van der Waals surface area contributed by atoms with E-state index in [2.05, 4.69) is 26.4 Å². The van der Waals surface area contributed by atoms with Gasteiger partial charge in [-0.25, -0.2) is 0 Å². The molecule has 0 aliphatic rings. The molecule has 0 aliphatic heterocycles. The zero-order chi connectivity index (χ0) is 16.7. The summed E-state index contributed by atoms with van der Waals surface area (Å²) in [6.45, 7) is -0.229. The molecule has 0 saturated heterocycles. The second-order valence-electron chi connectivity index (χ2n) is 4.53. The Kier molecular flexibility index (Phi) is 5.99. The first-order chi connectivity index (χ1) is 11.1. The van der Waals surface area contributed by atoms with Gasteiger partial charge in [0.2, 0.25) is 0 Å². The van der Waals surface area contributed by atoms with Crippen molar-refractivity contribution >= 4 is 33.4 Å². The van der Waals surface area contributed by atoms with E-state index in [1.807, 2.05) is 12.1 Å². The molecule has 23 heavy (non-hydrogen) atoms. The van der Waals surface area contributed by atoms with Gasteiger partial charge in [0, 0.05) is 15.7 Å². The monoisotopic (exact) mass is 377 g/mol. The second kappa shape index (κ2) is 8.19. The summed E-state index contributed by atoms with van der Waals surface area (Å²) in [7, 11) is 1.58. The lowest BCUT2D eigenvalue weighted by molar-refractivity contribution is -0.120. The van der Waals surface area contributed by atoms with Gasteiger partial charge in [-0.05, 0) is 48.5 Å². The van der Waals surface area contributed by atoms with Crippen LogP contribution in [0.3, 0.4) is 0 Å². The van der Waals surface area contributed by atoms with Gasteiger partial charge >= 0.3 is 0 Å². The molecule has 6 nitrogen and oxygen atoms in total. The minimum atomic E-state index is -0.321. The summed E-state index contributed by atoms with van der Waals surface area (Å²) in [5.41, 5.74) is 7.14. The fourth-order valence-corrected chi connectivity index (χ4v) is 1.97. The Morgan fingerprint density at radius 1 is 1.17 bits per heavy atom. The average molecular weight is 378 g/mol. The molecule has 2 rings (SSSR count). The number of amides is 1. The van der Waals surface area contributed by atoms with E-state index in [1.54, 1.807) is 43.5 Å². The highest BCUT2D eigenvalue weighted by Gasteiger charge is 2.04. The number of nitrogens with zero attached hydrogens (tertiary/aromatic N) is 1. The number of hydrogen-bond donors (Lipinski definition) is 2. The summed E-state index contributed by atoms with van der Waals surface area (Å²) in [4.78, 5) is 16.7. The molecular formula is C16H16BrN3O3. The third kappa shape index (κ3) is 5.30. The number of nitrogens with two attached hydrogens (primary N) is 1. The summed E-state index contributed by atoms with van der Waals surface area (Å²) in [5, 5.41) is 6.42. The van der Waals surface area contributed by atoms with Gasteiger partial charge in [-0.1, -0.05) is 21.1 Å². The minimum Gasteiger partial charge on any atom is -0.497 e. The van der Waals surface area contributed by atoms with Crippen molar-refractivity contribution in [2.45, 2.75) is 0 Å². The standard InChI is InChI=1S/C16H16BrN3O3/c1-22-14-8-2-11(3-9-14)16(18)20-23-10-15(21)19-13-6-4-12(17)5-7-13/h2-9H,10H2,1H3,(H2,18,20)(H,19,21). The zero-order valence-electron chi connectivity index (χ0n) is 12.5. The normalized spacial score (nSPS) is 11.0. The fraction of sp³-hybridized carbons (Fsp3) is 0.125. The molecule has 3 N–H and O–H groups in total. The minimum absolute atomic E-state index is 0.184. The molecule has 0 fully saturated rings. The lowest BCUT2D eigenvalue weighted by Gasteiger charge is -2.05. The third-order valence-electron chi connectivity index (χ3n) is 2.87. The number of carbonyl (C=O) groups is 1. The molecule has 0 aliphatic carbocycles. The van der Waals surface area contributed by atoms with Crippen LogP contribution in [-0.2, 0) is 9.63 Å². The van der Waals surface area contributed by atoms with Crippen molar-refractivity contribution in [1.29, 1.82) is 0 Å². The van der Waals surface area contributed by atoms with E-state index in [1.165, 1.54) is 0 Å². The van der Waals surface area contributed by atoms with Crippen molar-refractivity contribution in [1.82, 2.24) is 0 Å².